The minimum Gasteiger partial charge on any atom is -0.466 e. The summed E-state index contributed by atoms with van der Waals surface area (Å²) in [5.41, 5.74) is 0.886. The van der Waals surface area contributed by atoms with E-state index in [0.29, 0.717) is 13.0 Å². The topological polar surface area (TPSA) is 65.5 Å². The van der Waals surface area contributed by atoms with Gasteiger partial charge in [0.25, 0.3) is 0 Å². The second-order valence-electron chi connectivity index (χ2n) is 3.51. The number of ether oxygens (including phenoxy) is 2. The number of hydrogen-bond acceptors (Lipinski definition) is 6. The molecule has 0 aromatic carbocycles. The van der Waals surface area contributed by atoms with Crippen LogP contribution >= 0.6 is 11.3 Å². The van der Waals surface area contributed by atoms with E-state index in [4.69, 9.17) is 4.74 Å². The van der Waals surface area contributed by atoms with Gasteiger partial charge >= 0.3 is 11.9 Å². The fraction of sp³-hybridized carbons (Fsp3) is 0.417. The molecule has 0 saturated heterocycles. The standard InChI is InChI=1S/C12H15NO4S/c1-8-10(6-7-17-9(2)14)18-11(13-8)4-5-12(15)16-3/h4-5H,6-7H2,1-3H3/b5-4+. The molecule has 18 heavy (non-hydrogen) atoms. The van der Waals surface area contributed by atoms with Gasteiger partial charge in [0.2, 0.25) is 0 Å². The SMILES string of the molecule is COC(=O)/C=C/c1nc(C)c(CCOC(C)=O)s1. The molecule has 1 heterocycles. The van der Waals surface area contributed by atoms with Crippen LogP contribution in [0.1, 0.15) is 22.5 Å². The summed E-state index contributed by atoms with van der Waals surface area (Å²) in [4.78, 5) is 26.9. The summed E-state index contributed by atoms with van der Waals surface area (Å²) >= 11 is 1.47. The molecular weight excluding hydrogens is 254 g/mol. The van der Waals surface area contributed by atoms with Gasteiger partial charge < -0.3 is 9.47 Å². The van der Waals surface area contributed by atoms with Crippen LogP contribution < -0.4 is 0 Å². The first kappa shape index (κ1) is 14.4. The molecule has 6 heteroatoms. The van der Waals surface area contributed by atoms with Gasteiger partial charge in [0, 0.05) is 24.3 Å². The van der Waals surface area contributed by atoms with Crippen molar-refractivity contribution in [2.75, 3.05) is 13.7 Å². The van der Waals surface area contributed by atoms with Gasteiger partial charge in [-0.1, -0.05) is 0 Å². The number of hydrogen-bond donors (Lipinski definition) is 0. The summed E-state index contributed by atoms with van der Waals surface area (Å²) in [6, 6.07) is 0. The molecule has 0 amide bonds. The number of methoxy groups -OCH3 is 1. The Morgan fingerprint density at radius 2 is 2.17 bits per heavy atom. The summed E-state index contributed by atoms with van der Waals surface area (Å²) in [7, 11) is 1.32. The van der Waals surface area contributed by atoms with E-state index >= 15 is 0 Å². The zero-order chi connectivity index (χ0) is 13.5. The maximum atomic E-state index is 10.9. The lowest BCUT2D eigenvalue weighted by molar-refractivity contribution is -0.140. The van der Waals surface area contributed by atoms with E-state index in [1.807, 2.05) is 6.92 Å². The predicted octanol–water partition coefficient (Wildman–Crippen LogP) is 1.74. The van der Waals surface area contributed by atoms with Gasteiger partial charge in [-0.2, -0.15) is 0 Å². The van der Waals surface area contributed by atoms with Crippen LogP contribution in [0.2, 0.25) is 0 Å². The maximum Gasteiger partial charge on any atom is 0.330 e. The lowest BCUT2D eigenvalue weighted by atomic mass is 10.3. The van der Waals surface area contributed by atoms with Crippen molar-refractivity contribution >= 4 is 29.4 Å². The molecule has 1 aromatic rings. The van der Waals surface area contributed by atoms with E-state index in [1.165, 1.54) is 31.4 Å². The first-order valence-corrected chi connectivity index (χ1v) is 6.20. The van der Waals surface area contributed by atoms with Gasteiger partial charge in [-0.05, 0) is 13.0 Å². The van der Waals surface area contributed by atoms with Crippen molar-refractivity contribution in [3.05, 3.63) is 21.7 Å². The number of carbonyl (C=O) groups is 2. The fourth-order valence-corrected chi connectivity index (χ4v) is 2.20. The summed E-state index contributed by atoms with van der Waals surface area (Å²) in [5.74, 6) is -0.702. The van der Waals surface area contributed by atoms with Crippen molar-refractivity contribution in [2.45, 2.75) is 20.3 Å². The molecule has 0 radical (unpaired) electrons. The summed E-state index contributed by atoms with van der Waals surface area (Å²) in [5, 5.41) is 0.732. The van der Waals surface area contributed by atoms with Gasteiger partial charge in [-0.3, -0.25) is 4.79 Å². The van der Waals surface area contributed by atoms with E-state index in [2.05, 4.69) is 9.72 Å². The Morgan fingerprint density at radius 1 is 1.44 bits per heavy atom. The normalized spacial score (nSPS) is 10.6. The number of nitrogens with zero attached hydrogens (tertiary/aromatic N) is 1. The van der Waals surface area contributed by atoms with Crippen LogP contribution in [0.3, 0.4) is 0 Å². The fourth-order valence-electron chi connectivity index (χ4n) is 1.25. The smallest absolute Gasteiger partial charge is 0.330 e. The van der Waals surface area contributed by atoms with Crippen molar-refractivity contribution in [3.8, 4) is 0 Å². The number of thiazole rings is 1. The highest BCUT2D eigenvalue weighted by Gasteiger charge is 2.06. The third-order valence-corrected chi connectivity index (χ3v) is 3.29. The number of aromatic nitrogens is 1. The molecule has 0 aliphatic carbocycles. The van der Waals surface area contributed by atoms with Gasteiger partial charge in [-0.15, -0.1) is 11.3 Å². The number of rotatable bonds is 5. The Kier molecular flexibility index (Phi) is 5.51. The average Bonchev–Trinajstić information content (AvgIpc) is 2.67. The van der Waals surface area contributed by atoms with Crippen LogP contribution in [0.15, 0.2) is 6.08 Å². The lowest BCUT2D eigenvalue weighted by Crippen LogP contribution is -2.02. The maximum absolute atomic E-state index is 10.9. The second-order valence-corrected chi connectivity index (χ2v) is 4.62. The highest BCUT2D eigenvalue weighted by Crippen LogP contribution is 2.19. The minimum atomic E-state index is -0.413. The molecule has 0 aliphatic heterocycles. The zero-order valence-electron chi connectivity index (χ0n) is 10.6. The number of carbonyl (C=O) groups excluding carboxylic acids is 2. The van der Waals surface area contributed by atoms with Crippen molar-refractivity contribution in [2.24, 2.45) is 0 Å². The highest BCUT2D eigenvalue weighted by atomic mass is 32.1. The lowest BCUT2D eigenvalue weighted by Gasteiger charge is -1.99. The van der Waals surface area contributed by atoms with Crippen LogP contribution in [0.4, 0.5) is 0 Å². The molecule has 98 valence electrons. The molecule has 1 aromatic heterocycles. The molecule has 0 fully saturated rings. The number of aryl methyl sites for hydroxylation is 1. The van der Waals surface area contributed by atoms with Crippen molar-refractivity contribution in [1.82, 2.24) is 4.98 Å². The average molecular weight is 269 g/mol. The van der Waals surface area contributed by atoms with Crippen LogP contribution in [0.25, 0.3) is 6.08 Å². The highest BCUT2D eigenvalue weighted by molar-refractivity contribution is 7.12. The second kappa shape index (κ2) is 6.90. The molecule has 0 saturated carbocycles. The Morgan fingerprint density at radius 3 is 2.78 bits per heavy atom. The van der Waals surface area contributed by atoms with Crippen LogP contribution in [-0.2, 0) is 25.5 Å². The van der Waals surface area contributed by atoms with Crippen molar-refractivity contribution in [3.63, 3.8) is 0 Å². The minimum absolute atomic E-state index is 0.289. The monoisotopic (exact) mass is 269 g/mol. The van der Waals surface area contributed by atoms with Crippen molar-refractivity contribution in [1.29, 1.82) is 0 Å². The van der Waals surface area contributed by atoms with Crippen LogP contribution in [-0.4, -0.2) is 30.6 Å². The Bertz CT molecular complexity index is 465. The van der Waals surface area contributed by atoms with Gasteiger partial charge in [0.05, 0.1) is 19.4 Å². The molecule has 0 bridgehead atoms. The Balaban J connectivity index is 2.61. The van der Waals surface area contributed by atoms with Gasteiger partial charge in [-0.25, -0.2) is 9.78 Å². The Labute approximate surface area is 109 Å². The van der Waals surface area contributed by atoms with Gasteiger partial charge in [0.15, 0.2) is 0 Å². The largest absolute Gasteiger partial charge is 0.466 e. The predicted molar refractivity (Wildman–Crippen MR) is 68.2 cm³/mol. The van der Waals surface area contributed by atoms with E-state index in [9.17, 15) is 9.59 Å². The molecule has 5 nitrogen and oxygen atoms in total. The third-order valence-electron chi connectivity index (χ3n) is 2.11. The summed E-state index contributed by atoms with van der Waals surface area (Å²) < 4.78 is 9.37. The first-order valence-electron chi connectivity index (χ1n) is 5.38. The first-order chi connectivity index (χ1) is 8.52. The van der Waals surface area contributed by atoms with Crippen LogP contribution in [0, 0.1) is 6.92 Å². The third kappa shape index (κ3) is 4.67. The van der Waals surface area contributed by atoms with E-state index in [-0.39, 0.29) is 5.97 Å². The van der Waals surface area contributed by atoms with E-state index in [1.54, 1.807) is 6.08 Å². The van der Waals surface area contributed by atoms with E-state index in [0.717, 1.165) is 15.6 Å². The zero-order valence-corrected chi connectivity index (χ0v) is 11.4. The molecule has 0 N–H and O–H groups in total. The van der Waals surface area contributed by atoms with E-state index < -0.39 is 5.97 Å². The summed E-state index contributed by atoms with van der Waals surface area (Å²) in [6.07, 6.45) is 3.57. The molecule has 0 spiro atoms. The molecular formula is C12H15NO4S. The Hall–Kier alpha value is -1.69. The molecule has 1 rings (SSSR count). The number of esters is 2. The van der Waals surface area contributed by atoms with Crippen LogP contribution in [0.5, 0.6) is 0 Å². The summed E-state index contributed by atoms with van der Waals surface area (Å²) in [6.45, 7) is 3.61. The molecule has 0 atom stereocenters. The van der Waals surface area contributed by atoms with Gasteiger partial charge in [0.1, 0.15) is 5.01 Å². The quantitative estimate of drug-likeness (QED) is 0.601. The van der Waals surface area contributed by atoms with Crippen molar-refractivity contribution < 1.29 is 19.1 Å². The molecule has 0 unspecified atom stereocenters. The molecule has 0 aliphatic rings.